The Morgan fingerprint density at radius 1 is 1.07 bits per heavy atom. The Labute approximate surface area is 161 Å². The Bertz CT molecular complexity index is 1120. The Balaban J connectivity index is 1.69. The van der Waals surface area contributed by atoms with E-state index in [0.717, 1.165) is 16.9 Å². The van der Waals surface area contributed by atoms with Gasteiger partial charge in [-0.25, -0.2) is 9.97 Å². The number of rotatable bonds is 3. The van der Waals surface area contributed by atoms with Crippen molar-refractivity contribution in [3.63, 3.8) is 0 Å². The summed E-state index contributed by atoms with van der Waals surface area (Å²) in [6.07, 6.45) is 2.41. The predicted octanol–water partition coefficient (Wildman–Crippen LogP) is 1.78. The summed E-state index contributed by atoms with van der Waals surface area (Å²) >= 11 is 0. The number of aryl methyl sites for hydroxylation is 1. The SMILES string of the molecule is Cn1c(-n2nc(-c3ccccn3)nc2[C@H]2C[C@H](N)[C@@H](O)C2)nc2ccccc21. The average molecular weight is 375 g/mol. The molecule has 28 heavy (non-hydrogen) atoms. The van der Waals surface area contributed by atoms with Crippen LogP contribution in [0.1, 0.15) is 24.6 Å². The highest BCUT2D eigenvalue weighted by Crippen LogP contribution is 2.35. The molecule has 1 fully saturated rings. The number of benzene rings is 1. The van der Waals surface area contributed by atoms with E-state index >= 15 is 0 Å². The number of nitrogens with zero attached hydrogens (tertiary/aromatic N) is 6. The molecule has 1 aromatic carbocycles. The van der Waals surface area contributed by atoms with Crippen LogP contribution in [0.15, 0.2) is 48.7 Å². The molecule has 4 aromatic rings. The molecule has 0 unspecified atom stereocenters. The Hall–Kier alpha value is -3.10. The van der Waals surface area contributed by atoms with Gasteiger partial charge in [0.2, 0.25) is 11.8 Å². The van der Waals surface area contributed by atoms with E-state index in [0.29, 0.717) is 30.3 Å². The molecule has 0 radical (unpaired) electrons. The molecule has 142 valence electrons. The van der Waals surface area contributed by atoms with Crippen LogP contribution in [0, 0.1) is 0 Å². The zero-order valence-corrected chi connectivity index (χ0v) is 15.5. The van der Waals surface area contributed by atoms with Gasteiger partial charge < -0.3 is 15.4 Å². The molecule has 3 N–H and O–H groups in total. The van der Waals surface area contributed by atoms with Crippen LogP contribution in [-0.2, 0) is 7.05 Å². The van der Waals surface area contributed by atoms with Crippen LogP contribution in [0.3, 0.4) is 0 Å². The molecule has 1 aliphatic carbocycles. The highest BCUT2D eigenvalue weighted by molar-refractivity contribution is 5.77. The summed E-state index contributed by atoms with van der Waals surface area (Å²) in [6, 6.07) is 13.4. The lowest BCUT2D eigenvalue weighted by atomic mass is 10.1. The first-order valence-electron chi connectivity index (χ1n) is 9.35. The van der Waals surface area contributed by atoms with Crippen molar-refractivity contribution in [1.29, 1.82) is 0 Å². The van der Waals surface area contributed by atoms with Crippen LogP contribution < -0.4 is 5.73 Å². The third kappa shape index (κ3) is 2.69. The molecule has 0 saturated heterocycles. The predicted molar refractivity (Wildman–Crippen MR) is 105 cm³/mol. The van der Waals surface area contributed by atoms with Crippen LogP contribution in [-0.4, -0.2) is 46.6 Å². The summed E-state index contributed by atoms with van der Waals surface area (Å²) in [6.45, 7) is 0. The van der Waals surface area contributed by atoms with Crippen LogP contribution in [0.4, 0.5) is 0 Å². The van der Waals surface area contributed by atoms with Gasteiger partial charge >= 0.3 is 0 Å². The maximum Gasteiger partial charge on any atom is 0.233 e. The van der Waals surface area contributed by atoms with E-state index in [1.807, 2.05) is 54.1 Å². The number of hydrogen-bond donors (Lipinski definition) is 2. The second-order valence-electron chi connectivity index (χ2n) is 7.28. The lowest BCUT2D eigenvalue weighted by molar-refractivity contribution is 0.163. The first-order chi connectivity index (χ1) is 13.6. The van der Waals surface area contributed by atoms with Crippen molar-refractivity contribution in [2.75, 3.05) is 0 Å². The maximum atomic E-state index is 10.2. The fourth-order valence-corrected chi connectivity index (χ4v) is 3.92. The summed E-state index contributed by atoms with van der Waals surface area (Å²) in [5, 5.41) is 14.9. The van der Waals surface area contributed by atoms with Crippen molar-refractivity contribution in [3.8, 4) is 17.5 Å². The third-order valence-corrected chi connectivity index (χ3v) is 5.42. The Morgan fingerprint density at radius 2 is 1.89 bits per heavy atom. The Kier molecular flexibility index (Phi) is 3.96. The molecule has 0 bridgehead atoms. The van der Waals surface area contributed by atoms with E-state index in [9.17, 15) is 5.11 Å². The van der Waals surface area contributed by atoms with E-state index < -0.39 is 6.10 Å². The second kappa shape index (κ2) is 6.50. The van der Waals surface area contributed by atoms with E-state index in [1.165, 1.54) is 0 Å². The topological polar surface area (TPSA) is 108 Å². The van der Waals surface area contributed by atoms with E-state index in [4.69, 9.17) is 20.8 Å². The smallest absolute Gasteiger partial charge is 0.233 e. The summed E-state index contributed by atoms with van der Waals surface area (Å²) < 4.78 is 3.78. The van der Waals surface area contributed by atoms with E-state index in [1.54, 1.807) is 10.9 Å². The fraction of sp³-hybridized carbons (Fsp3) is 0.300. The van der Waals surface area contributed by atoms with Gasteiger partial charge in [-0.1, -0.05) is 18.2 Å². The number of fused-ring (bicyclic) bond motifs is 1. The molecule has 8 nitrogen and oxygen atoms in total. The van der Waals surface area contributed by atoms with Gasteiger partial charge in [0.05, 0.1) is 17.1 Å². The first-order valence-corrected chi connectivity index (χ1v) is 9.35. The molecule has 1 saturated carbocycles. The number of imidazole rings is 1. The fourth-order valence-electron chi connectivity index (χ4n) is 3.92. The lowest BCUT2D eigenvalue weighted by Gasteiger charge is -2.10. The molecular weight excluding hydrogens is 354 g/mol. The molecule has 8 heteroatoms. The van der Waals surface area contributed by atoms with Gasteiger partial charge in [-0.15, -0.1) is 5.10 Å². The molecule has 1 aliphatic rings. The number of aliphatic hydroxyl groups excluding tert-OH is 1. The molecule has 3 aromatic heterocycles. The highest BCUT2D eigenvalue weighted by atomic mass is 16.3. The minimum absolute atomic E-state index is 0.00905. The van der Waals surface area contributed by atoms with Gasteiger partial charge in [0.15, 0.2) is 0 Å². The summed E-state index contributed by atoms with van der Waals surface area (Å²) in [5.74, 6) is 1.99. The number of para-hydroxylation sites is 2. The standard InChI is InChI=1S/C20H21N7O/c1-26-16-8-3-2-6-14(16)23-20(26)27-19(12-10-13(21)17(28)11-12)24-18(25-27)15-7-4-5-9-22-15/h2-9,12-13,17,28H,10-11,21H2,1H3/t12-,13-,17-/m0/s1. The van der Waals surface area contributed by atoms with Crippen molar-refractivity contribution in [3.05, 3.63) is 54.5 Å². The molecule has 5 rings (SSSR count). The summed E-state index contributed by atoms with van der Waals surface area (Å²) in [4.78, 5) is 13.9. The zero-order valence-electron chi connectivity index (χ0n) is 15.5. The molecule has 0 aliphatic heterocycles. The number of nitrogens with two attached hydrogens (primary N) is 1. The maximum absolute atomic E-state index is 10.2. The molecule has 3 atom stereocenters. The van der Waals surface area contributed by atoms with Gasteiger partial charge in [0, 0.05) is 25.2 Å². The number of hydrogen-bond acceptors (Lipinski definition) is 6. The summed E-state index contributed by atoms with van der Waals surface area (Å²) in [5.41, 5.74) is 8.67. The minimum atomic E-state index is -0.533. The van der Waals surface area contributed by atoms with Crippen LogP contribution in [0.5, 0.6) is 0 Å². The minimum Gasteiger partial charge on any atom is -0.391 e. The third-order valence-electron chi connectivity index (χ3n) is 5.42. The van der Waals surface area contributed by atoms with E-state index in [-0.39, 0.29) is 12.0 Å². The summed E-state index contributed by atoms with van der Waals surface area (Å²) in [7, 11) is 1.96. The van der Waals surface area contributed by atoms with Crippen LogP contribution in [0.25, 0.3) is 28.5 Å². The second-order valence-corrected chi connectivity index (χ2v) is 7.28. The van der Waals surface area contributed by atoms with Gasteiger partial charge in [0.25, 0.3) is 0 Å². The van der Waals surface area contributed by atoms with E-state index in [2.05, 4.69) is 4.98 Å². The van der Waals surface area contributed by atoms with Crippen molar-refractivity contribution in [1.82, 2.24) is 29.3 Å². The van der Waals surface area contributed by atoms with Crippen LogP contribution in [0.2, 0.25) is 0 Å². The number of aromatic nitrogens is 6. The largest absolute Gasteiger partial charge is 0.391 e. The van der Waals surface area contributed by atoms with Gasteiger partial charge in [-0.05, 0) is 37.1 Å². The van der Waals surface area contributed by atoms with Gasteiger partial charge in [-0.3, -0.25) is 4.98 Å². The van der Waals surface area contributed by atoms with Gasteiger partial charge in [-0.2, -0.15) is 4.68 Å². The molecule has 0 spiro atoms. The van der Waals surface area contributed by atoms with Crippen molar-refractivity contribution < 1.29 is 5.11 Å². The molecule has 0 amide bonds. The van der Waals surface area contributed by atoms with Crippen molar-refractivity contribution >= 4 is 11.0 Å². The number of pyridine rings is 1. The zero-order chi connectivity index (χ0) is 19.3. The molecule has 3 heterocycles. The average Bonchev–Trinajstić information content (AvgIpc) is 3.39. The monoisotopic (exact) mass is 375 g/mol. The quantitative estimate of drug-likeness (QED) is 0.565. The van der Waals surface area contributed by atoms with Crippen LogP contribution >= 0.6 is 0 Å². The Morgan fingerprint density at radius 3 is 2.61 bits per heavy atom. The van der Waals surface area contributed by atoms with Gasteiger partial charge in [0.1, 0.15) is 11.5 Å². The lowest BCUT2D eigenvalue weighted by Crippen LogP contribution is -2.28. The van der Waals surface area contributed by atoms with Crippen molar-refractivity contribution in [2.24, 2.45) is 12.8 Å². The normalized spacial score (nSPS) is 22.2. The molecular formula is C20H21N7O. The van der Waals surface area contributed by atoms with Crippen molar-refractivity contribution in [2.45, 2.75) is 30.9 Å². The highest BCUT2D eigenvalue weighted by Gasteiger charge is 2.35. The first kappa shape index (κ1) is 17.0. The number of aliphatic hydroxyl groups is 1.